The number of hydrogen-bond acceptors (Lipinski definition) is 2. The summed E-state index contributed by atoms with van der Waals surface area (Å²) >= 11 is 0. The maximum atomic E-state index is 4.64. The van der Waals surface area contributed by atoms with Crippen LogP contribution in [-0.4, -0.2) is 15.0 Å². The minimum atomic E-state index is 0.906. The summed E-state index contributed by atoms with van der Waals surface area (Å²) in [4.78, 5) is 12.3. The van der Waals surface area contributed by atoms with Crippen molar-refractivity contribution in [3.8, 4) is 22.3 Å². The van der Waals surface area contributed by atoms with Gasteiger partial charge < -0.3 is 4.98 Å². The maximum Gasteiger partial charge on any atom is 0.137 e. The Hall–Kier alpha value is -3.46. The van der Waals surface area contributed by atoms with Crippen molar-refractivity contribution >= 4 is 21.9 Å². The summed E-state index contributed by atoms with van der Waals surface area (Å²) in [5.41, 5.74) is 7.85. The van der Waals surface area contributed by atoms with Gasteiger partial charge in [0, 0.05) is 40.5 Å². The highest BCUT2D eigenvalue weighted by molar-refractivity contribution is 5.98. The van der Waals surface area contributed by atoms with Crippen molar-refractivity contribution in [2.24, 2.45) is 0 Å². The number of aromatic nitrogens is 3. The maximum absolute atomic E-state index is 4.64. The monoisotopic (exact) mass is 335 g/mol. The molecule has 5 rings (SSSR count). The van der Waals surface area contributed by atoms with Gasteiger partial charge in [-0.1, -0.05) is 36.4 Å². The standard InChI is InChI=1S/C23H17N3/c1-15-5-2-3-7-19(15)18-12-20-21(14-26-23(20)25-13-18)16-8-9-22-17(11-16)6-4-10-24-22/h2-14H,1H3,(H,25,26). The van der Waals surface area contributed by atoms with Crippen LogP contribution in [0.1, 0.15) is 5.56 Å². The van der Waals surface area contributed by atoms with E-state index in [4.69, 9.17) is 0 Å². The summed E-state index contributed by atoms with van der Waals surface area (Å²) in [7, 11) is 0. The highest BCUT2D eigenvalue weighted by Crippen LogP contribution is 2.33. The number of aryl methyl sites for hydroxylation is 1. The molecule has 3 nitrogen and oxygen atoms in total. The molecule has 0 aliphatic heterocycles. The Morgan fingerprint density at radius 2 is 1.73 bits per heavy atom. The van der Waals surface area contributed by atoms with E-state index in [9.17, 15) is 0 Å². The van der Waals surface area contributed by atoms with Crippen LogP contribution in [0.3, 0.4) is 0 Å². The first-order chi connectivity index (χ1) is 12.8. The Labute approximate surface area is 151 Å². The lowest BCUT2D eigenvalue weighted by Gasteiger charge is -2.07. The van der Waals surface area contributed by atoms with E-state index in [0.29, 0.717) is 0 Å². The number of rotatable bonds is 2. The number of nitrogens with one attached hydrogen (secondary N) is 1. The molecule has 0 amide bonds. The van der Waals surface area contributed by atoms with Gasteiger partial charge in [-0.25, -0.2) is 4.98 Å². The lowest BCUT2D eigenvalue weighted by atomic mass is 9.99. The molecule has 3 aromatic heterocycles. The minimum absolute atomic E-state index is 0.906. The number of fused-ring (bicyclic) bond motifs is 2. The predicted octanol–water partition coefficient (Wildman–Crippen LogP) is 5.75. The molecule has 1 N–H and O–H groups in total. The summed E-state index contributed by atoms with van der Waals surface area (Å²) in [6.07, 6.45) is 5.80. The van der Waals surface area contributed by atoms with E-state index >= 15 is 0 Å². The molecule has 0 unspecified atom stereocenters. The van der Waals surface area contributed by atoms with Gasteiger partial charge in [0.15, 0.2) is 0 Å². The largest absolute Gasteiger partial charge is 0.346 e. The number of nitrogens with zero attached hydrogens (tertiary/aromatic N) is 2. The number of pyridine rings is 2. The van der Waals surface area contributed by atoms with Crippen LogP contribution in [0.5, 0.6) is 0 Å². The molecule has 3 heteroatoms. The molecule has 26 heavy (non-hydrogen) atoms. The second-order valence-corrected chi connectivity index (χ2v) is 6.55. The van der Waals surface area contributed by atoms with Crippen LogP contribution in [0.2, 0.25) is 0 Å². The number of benzene rings is 2. The van der Waals surface area contributed by atoms with Gasteiger partial charge in [0.1, 0.15) is 5.65 Å². The average molecular weight is 335 g/mol. The molecule has 0 bridgehead atoms. The van der Waals surface area contributed by atoms with Crippen LogP contribution in [0.25, 0.3) is 44.2 Å². The number of H-pyrrole nitrogens is 1. The SMILES string of the molecule is Cc1ccccc1-c1cnc2[nH]cc(-c3ccc4ncccc4c3)c2c1. The molecule has 0 saturated heterocycles. The van der Waals surface area contributed by atoms with Crippen LogP contribution in [-0.2, 0) is 0 Å². The van der Waals surface area contributed by atoms with E-state index in [1.54, 1.807) is 0 Å². The Morgan fingerprint density at radius 1 is 0.808 bits per heavy atom. The van der Waals surface area contributed by atoms with Crippen LogP contribution in [0.4, 0.5) is 0 Å². The Kier molecular flexibility index (Phi) is 3.32. The molecule has 0 spiro atoms. The fourth-order valence-electron chi connectivity index (χ4n) is 3.53. The van der Waals surface area contributed by atoms with E-state index in [2.05, 4.69) is 76.5 Å². The number of hydrogen-bond donors (Lipinski definition) is 1. The van der Waals surface area contributed by atoms with Crippen molar-refractivity contribution in [1.82, 2.24) is 15.0 Å². The lowest BCUT2D eigenvalue weighted by Crippen LogP contribution is -1.86. The second kappa shape index (κ2) is 5.81. The third kappa shape index (κ3) is 2.37. The van der Waals surface area contributed by atoms with Crippen molar-refractivity contribution < 1.29 is 0 Å². The third-order valence-electron chi connectivity index (χ3n) is 4.90. The van der Waals surface area contributed by atoms with Gasteiger partial charge in [0.25, 0.3) is 0 Å². The average Bonchev–Trinajstić information content (AvgIpc) is 3.11. The molecule has 0 radical (unpaired) electrons. The van der Waals surface area contributed by atoms with Crippen LogP contribution in [0, 0.1) is 6.92 Å². The van der Waals surface area contributed by atoms with Gasteiger partial charge in [-0.2, -0.15) is 0 Å². The van der Waals surface area contributed by atoms with Crippen molar-refractivity contribution in [3.63, 3.8) is 0 Å². The fraction of sp³-hybridized carbons (Fsp3) is 0.0435. The van der Waals surface area contributed by atoms with Gasteiger partial charge >= 0.3 is 0 Å². The van der Waals surface area contributed by atoms with Crippen molar-refractivity contribution in [1.29, 1.82) is 0 Å². The van der Waals surface area contributed by atoms with Gasteiger partial charge in [-0.15, -0.1) is 0 Å². The molecule has 0 aliphatic carbocycles. The molecule has 2 aromatic carbocycles. The summed E-state index contributed by atoms with van der Waals surface area (Å²) in [5.74, 6) is 0. The topological polar surface area (TPSA) is 41.6 Å². The zero-order valence-electron chi connectivity index (χ0n) is 14.4. The molecule has 0 saturated carbocycles. The summed E-state index contributed by atoms with van der Waals surface area (Å²) in [6.45, 7) is 2.13. The highest BCUT2D eigenvalue weighted by atomic mass is 14.8. The number of aromatic amines is 1. The zero-order chi connectivity index (χ0) is 17.5. The van der Waals surface area contributed by atoms with Crippen molar-refractivity contribution in [2.45, 2.75) is 6.92 Å². The first kappa shape index (κ1) is 14.8. The van der Waals surface area contributed by atoms with Crippen LogP contribution < -0.4 is 0 Å². The fourth-order valence-corrected chi connectivity index (χ4v) is 3.53. The molecule has 0 atom stereocenters. The minimum Gasteiger partial charge on any atom is -0.346 e. The van der Waals surface area contributed by atoms with E-state index in [1.165, 1.54) is 16.7 Å². The van der Waals surface area contributed by atoms with E-state index < -0.39 is 0 Å². The van der Waals surface area contributed by atoms with Crippen molar-refractivity contribution in [3.05, 3.63) is 84.8 Å². The van der Waals surface area contributed by atoms with E-state index in [0.717, 1.165) is 33.1 Å². The Balaban J connectivity index is 1.70. The third-order valence-corrected chi connectivity index (χ3v) is 4.90. The molecular formula is C23H17N3. The summed E-state index contributed by atoms with van der Waals surface area (Å²) < 4.78 is 0. The molecule has 3 heterocycles. The quantitative estimate of drug-likeness (QED) is 0.446. The van der Waals surface area contributed by atoms with Gasteiger partial charge in [-0.05, 0) is 47.9 Å². The molecule has 0 aliphatic rings. The van der Waals surface area contributed by atoms with Gasteiger partial charge in [0.2, 0.25) is 0 Å². The first-order valence-corrected chi connectivity index (χ1v) is 8.68. The summed E-state index contributed by atoms with van der Waals surface area (Å²) in [5, 5.41) is 2.27. The molecule has 0 fully saturated rings. The van der Waals surface area contributed by atoms with Crippen molar-refractivity contribution in [2.75, 3.05) is 0 Å². The highest BCUT2D eigenvalue weighted by Gasteiger charge is 2.10. The summed E-state index contributed by atoms with van der Waals surface area (Å²) in [6, 6.07) is 21.1. The zero-order valence-corrected chi connectivity index (χ0v) is 14.4. The smallest absolute Gasteiger partial charge is 0.137 e. The van der Waals surface area contributed by atoms with E-state index in [-0.39, 0.29) is 0 Å². The van der Waals surface area contributed by atoms with Gasteiger partial charge in [0.05, 0.1) is 5.52 Å². The molecule has 124 valence electrons. The first-order valence-electron chi connectivity index (χ1n) is 8.68. The van der Waals surface area contributed by atoms with Gasteiger partial charge in [-0.3, -0.25) is 4.98 Å². The second-order valence-electron chi connectivity index (χ2n) is 6.55. The van der Waals surface area contributed by atoms with Crippen LogP contribution in [0.15, 0.2) is 79.3 Å². The van der Waals surface area contributed by atoms with Crippen LogP contribution >= 0.6 is 0 Å². The molecule has 5 aromatic rings. The predicted molar refractivity (Wildman–Crippen MR) is 107 cm³/mol. The molecular weight excluding hydrogens is 318 g/mol. The van der Waals surface area contributed by atoms with E-state index in [1.807, 2.05) is 24.7 Å². The Bertz CT molecular complexity index is 1250. The normalized spacial score (nSPS) is 11.3. The lowest BCUT2D eigenvalue weighted by molar-refractivity contribution is 1.32. The Morgan fingerprint density at radius 3 is 2.65 bits per heavy atom.